The summed E-state index contributed by atoms with van der Waals surface area (Å²) >= 11 is 0. The van der Waals surface area contributed by atoms with Crippen LogP contribution in [0, 0.1) is 0 Å². The minimum absolute atomic E-state index is 0.422. The van der Waals surface area contributed by atoms with Crippen molar-refractivity contribution in [1.82, 2.24) is 0 Å². The second-order valence-electron chi connectivity index (χ2n) is 3.63. The molecular weight excluding hydrogens is 220 g/mol. The van der Waals surface area contributed by atoms with Crippen molar-refractivity contribution in [2.75, 3.05) is 20.8 Å². The van der Waals surface area contributed by atoms with Crippen LogP contribution in [-0.4, -0.2) is 78.1 Å². The summed E-state index contributed by atoms with van der Waals surface area (Å²) in [7, 11) is 2.60. The van der Waals surface area contributed by atoms with Crippen molar-refractivity contribution >= 4 is 0 Å². The Kier molecular flexibility index (Phi) is 5.06. The first-order chi connectivity index (χ1) is 7.56. The van der Waals surface area contributed by atoms with Crippen LogP contribution in [-0.2, 0) is 14.2 Å². The van der Waals surface area contributed by atoms with Gasteiger partial charge < -0.3 is 34.6 Å². The summed E-state index contributed by atoms with van der Waals surface area (Å²) in [5, 5.41) is 38.0. The molecule has 4 N–H and O–H groups in total. The third-order valence-corrected chi connectivity index (χ3v) is 2.68. The number of rotatable bonds is 3. The molecule has 1 heterocycles. The lowest BCUT2D eigenvalue weighted by Crippen LogP contribution is -2.48. The number of hydrogen-bond donors (Lipinski definition) is 4. The molecule has 1 aliphatic rings. The van der Waals surface area contributed by atoms with E-state index in [1.165, 1.54) is 14.2 Å². The van der Waals surface area contributed by atoms with Crippen LogP contribution in [0.5, 0.6) is 0 Å². The van der Waals surface area contributed by atoms with Crippen LogP contribution in [0.1, 0.15) is 0 Å². The number of methoxy groups -OCH3 is 2. The molecule has 1 saturated heterocycles. The fraction of sp³-hybridized carbons (Fsp3) is 1.00. The Hall–Kier alpha value is -0.280. The Bertz CT molecular complexity index is 210. The maximum Gasteiger partial charge on any atom is 0.186 e. The fourth-order valence-electron chi connectivity index (χ4n) is 1.74. The standard InChI is InChI=1S/C9H18O7/c1-14-8-4(3-10)16-9(15-2)7(13)5(11)6(8)12/h4-13H,3H2,1-2H3/t4-,5-,6-,7-,8-,9-/m1/s1. The van der Waals surface area contributed by atoms with Crippen LogP contribution >= 0.6 is 0 Å². The lowest BCUT2D eigenvalue weighted by molar-refractivity contribution is -0.223. The minimum Gasteiger partial charge on any atom is -0.394 e. The van der Waals surface area contributed by atoms with E-state index in [0.717, 1.165) is 0 Å². The highest BCUT2D eigenvalue weighted by atomic mass is 16.7. The molecule has 1 fully saturated rings. The molecule has 0 amide bonds. The highest BCUT2D eigenvalue weighted by Crippen LogP contribution is 2.22. The SMILES string of the molecule is CO[C@@H]1O[C@H](CO)[C@@H](OC)[C@H](O)[C@@H](O)[C@H]1O. The van der Waals surface area contributed by atoms with Gasteiger partial charge in [0.15, 0.2) is 6.29 Å². The lowest BCUT2D eigenvalue weighted by Gasteiger charge is -2.26. The largest absolute Gasteiger partial charge is 0.394 e. The molecule has 0 spiro atoms. The summed E-state index contributed by atoms with van der Waals surface area (Å²) in [4.78, 5) is 0. The van der Waals surface area contributed by atoms with Crippen molar-refractivity contribution in [1.29, 1.82) is 0 Å². The molecule has 0 radical (unpaired) electrons. The van der Waals surface area contributed by atoms with Gasteiger partial charge in [-0.1, -0.05) is 0 Å². The van der Waals surface area contributed by atoms with Gasteiger partial charge in [-0.3, -0.25) is 0 Å². The highest BCUT2D eigenvalue weighted by molar-refractivity contribution is 4.91. The van der Waals surface area contributed by atoms with Crippen molar-refractivity contribution in [3.63, 3.8) is 0 Å². The third-order valence-electron chi connectivity index (χ3n) is 2.68. The first kappa shape index (κ1) is 13.8. The average molecular weight is 238 g/mol. The number of aliphatic hydroxyl groups excluding tert-OH is 4. The van der Waals surface area contributed by atoms with Crippen LogP contribution in [0.4, 0.5) is 0 Å². The van der Waals surface area contributed by atoms with E-state index in [1.54, 1.807) is 0 Å². The normalized spacial score (nSPS) is 45.4. The lowest BCUT2D eigenvalue weighted by atomic mass is 10.0. The van der Waals surface area contributed by atoms with Crippen LogP contribution in [0.25, 0.3) is 0 Å². The van der Waals surface area contributed by atoms with Crippen molar-refractivity contribution < 1.29 is 34.6 Å². The van der Waals surface area contributed by atoms with Gasteiger partial charge in [-0.05, 0) is 0 Å². The van der Waals surface area contributed by atoms with Crippen LogP contribution < -0.4 is 0 Å². The Balaban J connectivity index is 2.90. The van der Waals surface area contributed by atoms with Gasteiger partial charge in [-0.25, -0.2) is 0 Å². The molecular formula is C9H18O7. The molecule has 0 unspecified atom stereocenters. The van der Waals surface area contributed by atoms with Gasteiger partial charge in [0, 0.05) is 14.2 Å². The zero-order valence-electron chi connectivity index (χ0n) is 9.18. The molecule has 1 rings (SSSR count). The molecule has 1 aliphatic heterocycles. The van der Waals surface area contributed by atoms with Gasteiger partial charge in [0.2, 0.25) is 0 Å². The van der Waals surface area contributed by atoms with Gasteiger partial charge in [-0.2, -0.15) is 0 Å². The van der Waals surface area contributed by atoms with Crippen LogP contribution in [0.3, 0.4) is 0 Å². The topological polar surface area (TPSA) is 109 Å². The molecule has 0 aromatic rings. The summed E-state index contributed by atoms with van der Waals surface area (Å²) in [6.07, 6.45) is -7.17. The second-order valence-corrected chi connectivity index (χ2v) is 3.63. The second kappa shape index (κ2) is 5.87. The van der Waals surface area contributed by atoms with E-state index in [2.05, 4.69) is 0 Å². The van der Waals surface area contributed by atoms with Crippen molar-refractivity contribution in [2.24, 2.45) is 0 Å². The number of hydrogen-bond acceptors (Lipinski definition) is 7. The molecule has 0 aromatic heterocycles. The summed E-state index contributed by atoms with van der Waals surface area (Å²) in [6.45, 7) is -0.422. The monoisotopic (exact) mass is 238 g/mol. The molecule has 7 heteroatoms. The number of ether oxygens (including phenoxy) is 3. The van der Waals surface area contributed by atoms with Crippen LogP contribution in [0.15, 0.2) is 0 Å². The van der Waals surface area contributed by atoms with E-state index in [4.69, 9.17) is 19.3 Å². The van der Waals surface area contributed by atoms with E-state index < -0.39 is 43.4 Å². The summed E-state index contributed by atoms with van der Waals surface area (Å²) in [5.41, 5.74) is 0. The summed E-state index contributed by atoms with van der Waals surface area (Å²) < 4.78 is 15.0. The van der Waals surface area contributed by atoms with Gasteiger partial charge in [-0.15, -0.1) is 0 Å². The maximum absolute atomic E-state index is 9.72. The van der Waals surface area contributed by atoms with Gasteiger partial charge >= 0.3 is 0 Å². The quantitative estimate of drug-likeness (QED) is 0.428. The van der Waals surface area contributed by atoms with Crippen LogP contribution in [0.2, 0.25) is 0 Å². The molecule has 96 valence electrons. The minimum atomic E-state index is -1.47. The Morgan fingerprint density at radius 2 is 1.62 bits per heavy atom. The molecule has 16 heavy (non-hydrogen) atoms. The summed E-state index contributed by atoms with van der Waals surface area (Å²) in [5.74, 6) is 0. The Morgan fingerprint density at radius 1 is 1.00 bits per heavy atom. The Morgan fingerprint density at radius 3 is 2.06 bits per heavy atom. The Labute approximate surface area is 93.2 Å². The first-order valence-electron chi connectivity index (χ1n) is 4.93. The predicted molar refractivity (Wildman–Crippen MR) is 51.6 cm³/mol. The van der Waals surface area contributed by atoms with Gasteiger partial charge in [0.1, 0.15) is 30.5 Å². The molecule has 0 saturated carbocycles. The van der Waals surface area contributed by atoms with Crippen molar-refractivity contribution in [3.05, 3.63) is 0 Å². The van der Waals surface area contributed by atoms with Crippen molar-refractivity contribution in [3.8, 4) is 0 Å². The first-order valence-corrected chi connectivity index (χ1v) is 4.93. The highest BCUT2D eigenvalue weighted by Gasteiger charge is 2.45. The summed E-state index contributed by atoms with van der Waals surface area (Å²) in [6, 6.07) is 0. The zero-order chi connectivity index (χ0) is 12.3. The average Bonchev–Trinajstić information content (AvgIpc) is 2.39. The van der Waals surface area contributed by atoms with E-state index in [-0.39, 0.29) is 0 Å². The van der Waals surface area contributed by atoms with Crippen molar-refractivity contribution in [2.45, 2.75) is 36.8 Å². The zero-order valence-corrected chi connectivity index (χ0v) is 9.18. The van der Waals surface area contributed by atoms with E-state index in [1.807, 2.05) is 0 Å². The maximum atomic E-state index is 9.72. The molecule has 0 aliphatic carbocycles. The molecule has 6 atom stereocenters. The molecule has 0 aromatic carbocycles. The number of aliphatic hydroxyl groups is 4. The molecule has 0 bridgehead atoms. The smallest absolute Gasteiger partial charge is 0.186 e. The molecule has 7 nitrogen and oxygen atoms in total. The van der Waals surface area contributed by atoms with Gasteiger partial charge in [0.05, 0.1) is 6.61 Å². The third kappa shape index (κ3) is 2.51. The van der Waals surface area contributed by atoms with E-state index in [0.29, 0.717) is 0 Å². The van der Waals surface area contributed by atoms with Gasteiger partial charge in [0.25, 0.3) is 0 Å². The fourth-order valence-corrected chi connectivity index (χ4v) is 1.74. The predicted octanol–water partition coefficient (Wildman–Crippen LogP) is -2.55. The van der Waals surface area contributed by atoms with E-state index in [9.17, 15) is 15.3 Å². The van der Waals surface area contributed by atoms with E-state index >= 15 is 0 Å².